The number of aryl methyl sites for hydroxylation is 1. The maximum Gasteiger partial charge on any atom is 0.343 e. The van der Waals surface area contributed by atoms with Gasteiger partial charge < -0.3 is 4.74 Å². The first-order valence-corrected chi connectivity index (χ1v) is 12.5. The number of esters is 1. The first-order valence-electron chi connectivity index (χ1n) is 11.0. The Morgan fingerprint density at radius 2 is 1.67 bits per heavy atom. The number of hydrogen-bond acceptors (Lipinski definition) is 6. The number of ether oxygens (including phenoxy) is 1. The van der Waals surface area contributed by atoms with E-state index in [9.17, 15) is 18.0 Å². The summed E-state index contributed by atoms with van der Waals surface area (Å²) in [6.45, 7) is 1.38. The van der Waals surface area contributed by atoms with Crippen molar-refractivity contribution in [2.45, 2.75) is 11.8 Å². The van der Waals surface area contributed by atoms with Crippen molar-refractivity contribution >= 4 is 38.9 Å². The molecule has 0 aliphatic carbocycles. The van der Waals surface area contributed by atoms with Gasteiger partial charge in [0.25, 0.3) is 5.91 Å². The molecule has 8 nitrogen and oxygen atoms in total. The second-order valence-corrected chi connectivity index (χ2v) is 9.66. The zero-order valence-electron chi connectivity index (χ0n) is 19.3. The molecule has 0 spiro atoms. The molecule has 0 bridgehead atoms. The molecule has 0 unspecified atom stereocenters. The highest BCUT2D eigenvalue weighted by Crippen LogP contribution is 2.27. The van der Waals surface area contributed by atoms with Crippen LogP contribution < -0.4 is 14.9 Å². The predicted molar refractivity (Wildman–Crippen MR) is 137 cm³/mol. The average molecular weight is 502 g/mol. The van der Waals surface area contributed by atoms with E-state index in [0.717, 1.165) is 16.3 Å². The Morgan fingerprint density at radius 1 is 0.917 bits per heavy atom. The summed E-state index contributed by atoms with van der Waals surface area (Å²) in [6, 6.07) is 25.7. The standard InChI is InChI=1S/C27H23N3O5S/c1-19-8-7-10-21(16-19)27(32)35-25-15-14-20-9-5-6-13-23(20)24(25)17-28-30-26(31)18-29-36(33,34)22-11-3-2-4-12-22/h2-17,29H,18H2,1H3,(H,30,31). The number of hydrazone groups is 1. The fraction of sp³-hybridized carbons (Fsp3) is 0.0741. The van der Waals surface area contributed by atoms with E-state index in [1.165, 1.54) is 18.3 Å². The van der Waals surface area contributed by atoms with Gasteiger partial charge in [-0.05, 0) is 48.0 Å². The van der Waals surface area contributed by atoms with E-state index in [-0.39, 0.29) is 10.6 Å². The summed E-state index contributed by atoms with van der Waals surface area (Å²) < 4.78 is 32.5. The molecule has 0 saturated carbocycles. The molecule has 36 heavy (non-hydrogen) atoms. The third-order valence-corrected chi connectivity index (χ3v) is 6.66. The van der Waals surface area contributed by atoms with E-state index in [2.05, 4.69) is 15.2 Å². The average Bonchev–Trinajstić information content (AvgIpc) is 2.89. The molecule has 2 N–H and O–H groups in total. The van der Waals surface area contributed by atoms with Gasteiger partial charge >= 0.3 is 5.97 Å². The van der Waals surface area contributed by atoms with Crippen LogP contribution in [0.25, 0.3) is 10.8 Å². The van der Waals surface area contributed by atoms with Crippen LogP contribution in [0.1, 0.15) is 21.5 Å². The maximum absolute atomic E-state index is 12.7. The lowest BCUT2D eigenvalue weighted by atomic mass is 10.0. The van der Waals surface area contributed by atoms with Gasteiger partial charge in [-0.15, -0.1) is 0 Å². The zero-order chi connectivity index (χ0) is 25.5. The number of rotatable bonds is 8. The molecule has 1 amide bonds. The molecular weight excluding hydrogens is 478 g/mol. The van der Waals surface area contributed by atoms with Crippen molar-refractivity contribution in [3.8, 4) is 5.75 Å². The summed E-state index contributed by atoms with van der Waals surface area (Å²) in [4.78, 5) is 25.0. The number of hydrogen-bond donors (Lipinski definition) is 2. The fourth-order valence-corrected chi connectivity index (χ4v) is 4.48. The molecule has 0 heterocycles. The van der Waals surface area contributed by atoms with Crippen LogP contribution in [0.2, 0.25) is 0 Å². The largest absolute Gasteiger partial charge is 0.422 e. The summed E-state index contributed by atoms with van der Waals surface area (Å²) in [5, 5.41) is 5.61. The van der Waals surface area contributed by atoms with Crippen molar-refractivity contribution < 1.29 is 22.7 Å². The summed E-state index contributed by atoms with van der Waals surface area (Å²) in [6.07, 6.45) is 1.37. The highest BCUT2D eigenvalue weighted by Gasteiger charge is 2.16. The molecule has 0 aliphatic rings. The fourth-order valence-electron chi connectivity index (χ4n) is 3.48. The molecule has 0 fully saturated rings. The van der Waals surface area contributed by atoms with E-state index < -0.39 is 28.4 Å². The number of carbonyl (C=O) groups excluding carboxylic acids is 2. The molecule has 4 aromatic rings. The van der Waals surface area contributed by atoms with Gasteiger partial charge in [0.05, 0.1) is 23.2 Å². The highest BCUT2D eigenvalue weighted by atomic mass is 32.2. The third kappa shape index (κ3) is 6.01. The lowest BCUT2D eigenvalue weighted by Crippen LogP contribution is -2.34. The van der Waals surface area contributed by atoms with Crippen LogP contribution in [0.5, 0.6) is 5.75 Å². The number of fused-ring (bicyclic) bond motifs is 1. The Hall–Kier alpha value is -4.34. The molecule has 0 saturated heterocycles. The number of amides is 1. The SMILES string of the molecule is Cc1cccc(C(=O)Oc2ccc3ccccc3c2C=NNC(=O)CNS(=O)(=O)c2ccccc2)c1. The molecule has 0 aromatic heterocycles. The summed E-state index contributed by atoms with van der Waals surface area (Å²) in [7, 11) is -3.83. The minimum atomic E-state index is -3.83. The number of nitrogens with zero attached hydrogens (tertiary/aromatic N) is 1. The lowest BCUT2D eigenvalue weighted by Gasteiger charge is -2.11. The molecule has 4 rings (SSSR count). The number of carbonyl (C=O) groups is 2. The van der Waals surface area contributed by atoms with Crippen molar-refractivity contribution in [2.24, 2.45) is 5.10 Å². The molecule has 4 aromatic carbocycles. The van der Waals surface area contributed by atoms with Gasteiger partial charge in [0.15, 0.2) is 0 Å². The van der Waals surface area contributed by atoms with Gasteiger partial charge in [-0.3, -0.25) is 4.79 Å². The molecule has 0 atom stereocenters. The van der Waals surface area contributed by atoms with Gasteiger partial charge in [-0.1, -0.05) is 66.2 Å². The molecule has 0 radical (unpaired) electrons. The highest BCUT2D eigenvalue weighted by molar-refractivity contribution is 7.89. The Morgan fingerprint density at radius 3 is 2.44 bits per heavy atom. The Labute approximate surface area is 208 Å². The summed E-state index contributed by atoms with van der Waals surface area (Å²) >= 11 is 0. The van der Waals surface area contributed by atoms with Crippen molar-refractivity contribution in [1.82, 2.24) is 10.1 Å². The Bertz CT molecular complexity index is 1550. The van der Waals surface area contributed by atoms with Crippen LogP contribution in [-0.4, -0.2) is 33.1 Å². The quantitative estimate of drug-likeness (QED) is 0.165. The van der Waals surface area contributed by atoms with Gasteiger partial charge in [0.2, 0.25) is 10.0 Å². The van der Waals surface area contributed by atoms with Crippen molar-refractivity contribution in [3.63, 3.8) is 0 Å². The van der Waals surface area contributed by atoms with Crippen molar-refractivity contribution in [3.05, 3.63) is 108 Å². The Balaban J connectivity index is 1.50. The van der Waals surface area contributed by atoms with Crippen LogP contribution in [-0.2, 0) is 14.8 Å². The van der Waals surface area contributed by atoms with Crippen LogP contribution in [0, 0.1) is 6.92 Å². The monoisotopic (exact) mass is 501 g/mol. The number of nitrogens with one attached hydrogen (secondary N) is 2. The van der Waals surface area contributed by atoms with E-state index >= 15 is 0 Å². The van der Waals surface area contributed by atoms with Crippen molar-refractivity contribution in [1.29, 1.82) is 0 Å². The van der Waals surface area contributed by atoms with E-state index in [1.807, 2.05) is 43.3 Å². The molecular formula is C27H23N3O5S. The Kier molecular flexibility index (Phi) is 7.53. The van der Waals surface area contributed by atoms with Crippen LogP contribution >= 0.6 is 0 Å². The second-order valence-electron chi connectivity index (χ2n) is 7.89. The van der Waals surface area contributed by atoms with Gasteiger partial charge in [0, 0.05) is 5.56 Å². The van der Waals surface area contributed by atoms with E-state index in [4.69, 9.17) is 4.74 Å². The minimum absolute atomic E-state index is 0.0529. The normalized spacial score (nSPS) is 11.5. The zero-order valence-corrected chi connectivity index (χ0v) is 20.2. The topological polar surface area (TPSA) is 114 Å². The number of benzene rings is 4. The first-order chi connectivity index (χ1) is 17.3. The lowest BCUT2D eigenvalue weighted by molar-refractivity contribution is -0.119. The first kappa shape index (κ1) is 24.8. The van der Waals surface area contributed by atoms with Gasteiger partial charge in [-0.25, -0.2) is 23.4 Å². The summed E-state index contributed by atoms with van der Waals surface area (Å²) in [5.74, 6) is -0.921. The van der Waals surface area contributed by atoms with Crippen LogP contribution in [0.4, 0.5) is 0 Å². The van der Waals surface area contributed by atoms with Crippen molar-refractivity contribution in [2.75, 3.05) is 6.54 Å². The molecule has 182 valence electrons. The van der Waals surface area contributed by atoms with Gasteiger partial charge in [-0.2, -0.15) is 5.10 Å². The second kappa shape index (κ2) is 10.9. The number of sulfonamides is 1. The summed E-state index contributed by atoms with van der Waals surface area (Å²) in [5.41, 5.74) is 4.12. The van der Waals surface area contributed by atoms with Gasteiger partial charge in [0.1, 0.15) is 5.75 Å². The molecule has 0 aliphatic heterocycles. The van der Waals surface area contributed by atoms with E-state index in [0.29, 0.717) is 11.1 Å². The predicted octanol–water partition coefficient (Wildman–Crippen LogP) is 3.80. The smallest absolute Gasteiger partial charge is 0.343 e. The van der Waals surface area contributed by atoms with Crippen LogP contribution in [0.3, 0.4) is 0 Å². The van der Waals surface area contributed by atoms with E-state index in [1.54, 1.807) is 42.5 Å². The van der Waals surface area contributed by atoms with Crippen LogP contribution in [0.15, 0.2) is 101 Å². The molecule has 9 heteroatoms. The maximum atomic E-state index is 12.7. The minimum Gasteiger partial charge on any atom is -0.422 e. The third-order valence-electron chi connectivity index (χ3n) is 5.25.